The van der Waals surface area contributed by atoms with Crippen LogP contribution in [0.15, 0.2) is 60.8 Å². The van der Waals surface area contributed by atoms with Gasteiger partial charge in [-0.05, 0) is 73.7 Å². The van der Waals surface area contributed by atoms with Gasteiger partial charge in [0, 0.05) is 34.9 Å². The molecule has 0 atom stereocenters. The summed E-state index contributed by atoms with van der Waals surface area (Å²) >= 11 is 6.32. The minimum absolute atomic E-state index is 0.0315. The fourth-order valence-corrected chi connectivity index (χ4v) is 5.61. The number of hydrogen-bond donors (Lipinski definition) is 2. The van der Waals surface area contributed by atoms with E-state index in [0.29, 0.717) is 11.6 Å². The number of fused-ring (bicyclic) bond motifs is 2. The second-order valence-corrected chi connectivity index (χ2v) is 10.0. The molecule has 1 saturated carbocycles. The Morgan fingerprint density at radius 3 is 2.54 bits per heavy atom. The lowest BCUT2D eigenvalue weighted by Gasteiger charge is -2.47. The number of carbonyl (C=O) groups is 2. The molecule has 0 saturated heterocycles. The van der Waals surface area contributed by atoms with E-state index in [9.17, 15) is 22.8 Å². The van der Waals surface area contributed by atoms with Gasteiger partial charge >= 0.3 is 6.18 Å². The number of aromatic nitrogens is 1. The van der Waals surface area contributed by atoms with Crippen LogP contribution in [-0.4, -0.2) is 29.4 Å². The van der Waals surface area contributed by atoms with E-state index in [1.165, 1.54) is 30.5 Å². The van der Waals surface area contributed by atoms with Crippen LogP contribution >= 0.6 is 11.6 Å². The van der Waals surface area contributed by atoms with Gasteiger partial charge in [-0.25, -0.2) is 4.98 Å². The number of pyridine rings is 1. The van der Waals surface area contributed by atoms with Crippen LogP contribution in [0.25, 0.3) is 0 Å². The molecule has 1 aliphatic heterocycles. The smallest absolute Gasteiger partial charge is 0.328 e. The standard InChI is InChI=1S/C27H24ClF3N4O2/c28-17-7-8-22-21(12-17)26(13-18(32)14-26)10-3-11-35(22)25(37)16-6-9-23(33-15-16)34-24(36)19-4-1-2-5-20(19)27(29,30)31/h1-2,4-9,12,15,18H,3,10-11,13-14,32H2,(H,33,34,36). The Kier molecular flexibility index (Phi) is 6.45. The number of anilines is 2. The van der Waals surface area contributed by atoms with Crippen LogP contribution in [-0.2, 0) is 11.6 Å². The molecule has 0 bridgehead atoms. The van der Waals surface area contributed by atoms with Gasteiger partial charge in [-0.1, -0.05) is 23.7 Å². The molecule has 2 amide bonds. The van der Waals surface area contributed by atoms with Crippen molar-refractivity contribution in [3.05, 3.63) is 88.1 Å². The molecule has 1 aliphatic carbocycles. The molecule has 2 aliphatic rings. The maximum atomic E-state index is 13.5. The molecule has 1 fully saturated rings. The molecule has 37 heavy (non-hydrogen) atoms. The van der Waals surface area contributed by atoms with Crippen molar-refractivity contribution in [3.8, 4) is 0 Å². The number of benzene rings is 2. The topological polar surface area (TPSA) is 88.3 Å². The van der Waals surface area contributed by atoms with Crippen LogP contribution in [0.4, 0.5) is 24.7 Å². The number of rotatable bonds is 3. The number of hydrogen-bond acceptors (Lipinski definition) is 4. The molecule has 0 radical (unpaired) electrons. The number of alkyl halides is 3. The summed E-state index contributed by atoms with van der Waals surface area (Å²) in [6.07, 6.45) is 0.0223. The first-order valence-corrected chi connectivity index (χ1v) is 12.3. The summed E-state index contributed by atoms with van der Waals surface area (Å²) in [6, 6.07) is 13.1. The number of halogens is 4. The monoisotopic (exact) mass is 528 g/mol. The van der Waals surface area contributed by atoms with Gasteiger partial charge in [0.05, 0.1) is 16.7 Å². The summed E-state index contributed by atoms with van der Waals surface area (Å²) in [7, 11) is 0. The van der Waals surface area contributed by atoms with Crippen molar-refractivity contribution < 1.29 is 22.8 Å². The first kappa shape index (κ1) is 25.2. The largest absolute Gasteiger partial charge is 0.417 e. The van der Waals surface area contributed by atoms with Crippen LogP contribution in [0.1, 0.15) is 57.5 Å². The van der Waals surface area contributed by atoms with Crippen molar-refractivity contribution in [2.45, 2.75) is 43.3 Å². The summed E-state index contributed by atoms with van der Waals surface area (Å²) in [5.41, 5.74) is 6.58. The lowest BCUT2D eigenvalue weighted by Crippen LogP contribution is -2.49. The predicted molar refractivity (Wildman–Crippen MR) is 135 cm³/mol. The number of nitrogens with one attached hydrogen (secondary N) is 1. The second kappa shape index (κ2) is 9.46. The molecule has 3 aromatic rings. The van der Waals surface area contributed by atoms with Crippen molar-refractivity contribution in [1.29, 1.82) is 0 Å². The number of nitrogens with zero attached hydrogens (tertiary/aromatic N) is 2. The Balaban J connectivity index is 1.37. The van der Waals surface area contributed by atoms with Crippen molar-refractivity contribution in [2.75, 3.05) is 16.8 Å². The molecule has 0 unspecified atom stereocenters. The number of carbonyl (C=O) groups excluding carboxylic acids is 2. The van der Waals surface area contributed by atoms with E-state index >= 15 is 0 Å². The van der Waals surface area contributed by atoms with Gasteiger partial charge in [-0.3, -0.25) is 9.59 Å². The normalized spacial score (nSPS) is 21.1. The summed E-state index contributed by atoms with van der Waals surface area (Å²) in [6.45, 7) is 0.511. The summed E-state index contributed by atoms with van der Waals surface area (Å²) in [5, 5.41) is 2.98. The lowest BCUT2D eigenvalue weighted by molar-refractivity contribution is -0.137. The van der Waals surface area contributed by atoms with Crippen LogP contribution in [0.5, 0.6) is 0 Å². The van der Waals surface area contributed by atoms with Crippen LogP contribution in [0.2, 0.25) is 5.02 Å². The highest BCUT2D eigenvalue weighted by Gasteiger charge is 2.47. The van der Waals surface area contributed by atoms with Gasteiger partial charge in [-0.2, -0.15) is 13.2 Å². The Morgan fingerprint density at radius 1 is 1.11 bits per heavy atom. The number of amides is 2. The minimum Gasteiger partial charge on any atom is -0.328 e. The molecule has 10 heteroatoms. The highest BCUT2D eigenvalue weighted by atomic mass is 35.5. The van der Waals surface area contributed by atoms with Crippen molar-refractivity contribution in [3.63, 3.8) is 0 Å². The quantitative estimate of drug-likeness (QED) is 0.449. The summed E-state index contributed by atoms with van der Waals surface area (Å²) in [4.78, 5) is 31.9. The van der Waals surface area contributed by atoms with Crippen LogP contribution < -0.4 is 16.0 Å². The second-order valence-electron chi connectivity index (χ2n) is 9.60. The van der Waals surface area contributed by atoms with Gasteiger partial charge in [-0.15, -0.1) is 0 Å². The average Bonchev–Trinajstić information content (AvgIpc) is 3.00. The first-order chi connectivity index (χ1) is 17.6. The van der Waals surface area contributed by atoms with E-state index in [0.717, 1.165) is 49.1 Å². The highest BCUT2D eigenvalue weighted by Crippen LogP contribution is 2.52. The third-order valence-corrected chi connectivity index (χ3v) is 7.37. The third-order valence-electron chi connectivity index (χ3n) is 7.14. The van der Waals surface area contributed by atoms with Crippen molar-refractivity contribution in [2.24, 2.45) is 5.73 Å². The van der Waals surface area contributed by atoms with Gasteiger partial charge in [0.15, 0.2) is 0 Å². The summed E-state index contributed by atoms with van der Waals surface area (Å²) < 4.78 is 39.8. The average molecular weight is 529 g/mol. The molecule has 192 valence electrons. The zero-order chi connectivity index (χ0) is 26.4. The molecule has 1 spiro atoms. The lowest BCUT2D eigenvalue weighted by atomic mass is 9.59. The Morgan fingerprint density at radius 2 is 1.86 bits per heavy atom. The van der Waals surface area contributed by atoms with E-state index in [2.05, 4.69) is 10.3 Å². The van der Waals surface area contributed by atoms with E-state index in [-0.39, 0.29) is 28.7 Å². The number of nitrogens with two attached hydrogens (primary N) is 1. The van der Waals surface area contributed by atoms with Gasteiger partial charge in [0.1, 0.15) is 5.82 Å². The van der Waals surface area contributed by atoms with E-state index in [1.807, 2.05) is 12.1 Å². The first-order valence-electron chi connectivity index (χ1n) is 11.9. The van der Waals surface area contributed by atoms with E-state index in [4.69, 9.17) is 17.3 Å². The summed E-state index contributed by atoms with van der Waals surface area (Å²) in [5.74, 6) is -1.18. The van der Waals surface area contributed by atoms with E-state index < -0.39 is 23.2 Å². The van der Waals surface area contributed by atoms with Crippen LogP contribution in [0, 0.1) is 0 Å². The maximum Gasteiger partial charge on any atom is 0.417 e. The zero-order valence-corrected chi connectivity index (χ0v) is 20.4. The predicted octanol–water partition coefficient (Wildman–Crippen LogP) is 5.81. The molecule has 2 aromatic carbocycles. The Bertz CT molecular complexity index is 1350. The van der Waals surface area contributed by atoms with Crippen molar-refractivity contribution in [1.82, 2.24) is 4.98 Å². The zero-order valence-electron chi connectivity index (χ0n) is 19.7. The molecule has 3 N–H and O–H groups in total. The highest BCUT2D eigenvalue weighted by molar-refractivity contribution is 6.30. The van der Waals surface area contributed by atoms with Gasteiger partial charge in [0.25, 0.3) is 11.8 Å². The SMILES string of the molecule is NC1CC2(CCCN(C(=O)c3ccc(NC(=O)c4ccccc4C(F)(F)F)nc3)c3ccc(Cl)cc32)C1. The molecular formula is C27H24ClF3N4O2. The van der Waals surface area contributed by atoms with Crippen LogP contribution in [0.3, 0.4) is 0 Å². The molecule has 6 nitrogen and oxygen atoms in total. The van der Waals surface area contributed by atoms with Gasteiger partial charge < -0.3 is 16.0 Å². The van der Waals surface area contributed by atoms with Gasteiger partial charge in [0.2, 0.25) is 0 Å². The minimum atomic E-state index is -4.67. The van der Waals surface area contributed by atoms with E-state index in [1.54, 1.807) is 11.0 Å². The maximum absolute atomic E-state index is 13.5. The Labute approximate surface area is 216 Å². The molecular weight excluding hydrogens is 505 g/mol. The molecule has 2 heterocycles. The molecule has 5 rings (SSSR count). The Hall–Kier alpha value is -3.43. The fourth-order valence-electron chi connectivity index (χ4n) is 5.44. The molecule has 1 aromatic heterocycles. The third kappa shape index (κ3) is 4.81. The fraction of sp³-hybridized carbons (Fsp3) is 0.296. The van der Waals surface area contributed by atoms with Crippen molar-refractivity contribution >= 4 is 34.9 Å².